The number of hydrogen-bond acceptors (Lipinski definition) is 3. The Morgan fingerprint density at radius 2 is 1.83 bits per heavy atom. The molecule has 0 saturated heterocycles. The van der Waals surface area contributed by atoms with E-state index in [1.54, 1.807) is 6.92 Å². The lowest BCUT2D eigenvalue weighted by atomic mass is 10.1. The van der Waals surface area contributed by atoms with Crippen LogP contribution < -0.4 is 10.6 Å². The molecule has 0 aliphatic rings. The monoisotopic (exact) mass is 251 g/mol. The number of alkyl carbamates (subject to hydrolysis) is 1. The van der Waals surface area contributed by atoms with Crippen molar-refractivity contribution in [2.45, 2.75) is 25.9 Å². The topological polar surface area (TPSA) is 72.0 Å². The first-order valence-corrected chi connectivity index (χ1v) is 5.83. The zero-order valence-electron chi connectivity index (χ0n) is 10.8. The molecule has 5 nitrogen and oxygen atoms in total. The van der Waals surface area contributed by atoms with E-state index in [1.807, 2.05) is 42.6 Å². The van der Waals surface area contributed by atoms with Gasteiger partial charge in [-0.1, -0.05) is 30.3 Å². The number of quaternary nitrogens is 1. The van der Waals surface area contributed by atoms with Gasteiger partial charge in [0.15, 0.2) is 6.04 Å². The quantitative estimate of drug-likeness (QED) is 0.822. The number of nitrogens with two attached hydrogens (primary N) is 1. The van der Waals surface area contributed by atoms with Crippen molar-refractivity contribution in [1.82, 2.24) is 5.32 Å². The van der Waals surface area contributed by atoms with Crippen LogP contribution in [0.3, 0.4) is 0 Å². The number of carbonyl (C=O) groups is 2. The van der Waals surface area contributed by atoms with E-state index in [-0.39, 0.29) is 18.0 Å². The molecule has 0 heterocycles. The van der Waals surface area contributed by atoms with Crippen LogP contribution in [0.5, 0.6) is 0 Å². The van der Waals surface area contributed by atoms with Gasteiger partial charge in [0.05, 0.1) is 7.11 Å². The second-order valence-electron chi connectivity index (χ2n) is 4.16. The summed E-state index contributed by atoms with van der Waals surface area (Å²) in [6.07, 6.45) is -0.729. The minimum absolute atomic E-state index is 0.143. The van der Waals surface area contributed by atoms with Gasteiger partial charge >= 0.3 is 6.09 Å². The van der Waals surface area contributed by atoms with Crippen molar-refractivity contribution >= 4 is 12.0 Å². The highest BCUT2D eigenvalue weighted by atomic mass is 16.5. The Kier molecular flexibility index (Phi) is 5.32. The van der Waals surface area contributed by atoms with Gasteiger partial charge in [0.1, 0.15) is 6.04 Å². The minimum Gasteiger partial charge on any atom is -0.453 e. The highest BCUT2D eigenvalue weighted by Gasteiger charge is 2.21. The molecule has 0 unspecified atom stereocenters. The average molecular weight is 251 g/mol. The number of carbonyl (C=O) groups excluding carboxylic acids is 2. The molecule has 18 heavy (non-hydrogen) atoms. The highest BCUT2D eigenvalue weighted by Crippen LogP contribution is 2.06. The van der Waals surface area contributed by atoms with Crippen molar-refractivity contribution in [2.24, 2.45) is 0 Å². The number of methoxy groups -OCH3 is 1. The zero-order chi connectivity index (χ0) is 13.5. The molecule has 0 bridgehead atoms. The molecule has 1 aromatic carbocycles. The summed E-state index contributed by atoms with van der Waals surface area (Å²) in [7, 11) is 1.23. The van der Waals surface area contributed by atoms with Crippen LogP contribution in [0, 0.1) is 0 Å². The minimum atomic E-state index is -0.729. The second-order valence-corrected chi connectivity index (χ2v) is 4.16. The molecule has 1 rings (SSSR count). The number of imide groups is 1. The Morgan fingerprint density at radius 1 is 1.22 bits per heavy atom. The summed E-state index contributed by atoms with van der Waals surface area (Å²) in [6.45, 7) is 3.76. The maximum atomic E-state index is 11.6. The fourth-order valence-corrected chi connectivity index (χ4v) is 1.65. The molecule has 0 aliphatic heterocycles. The van der Waals surface area contributed by atoms with Crippen molar-refractivity contribution in [3.05, 3.63) is 35.9 Å². The average Bonchev–Trinajstić information content (AvgIpc) is 2.39. The SMILES string of the molecule is COC(=O)NC(=O)[C@@H](C)[NH2+][C@@H](C)c1ccccc1. The van der Waals surface area contributed by atoms with E-state index < -0.39 is 6.09 Å². The van der Waals surface area contributed by atoms with E-state index in [1.165, 1.54) is 7.11 Å². The third-order valence-corrected chi connectivity index (χ3v) is 2.73. The van der Waals surface area contributed by atoms with Crippen LogP contribution in [-0.2, 0) is 9.53 Å². The first-order valence-electron chi connectivity index (χ1n) is 5.83. The molecule has 0 aliphatic carbocycles. The van der Waals surface area contributed by atoms with Crippen molar-refractivity contribution < 1.29 is 19.6 Å². The predicted octanol–water partition coefficient (Wildman–Crippen LogP) is 0.582. The van der Waals surface area contributed by atoms with E-state index >= 15 is 0 Å². The predicted molar refractivity (Wildman–Crippen MR) is 66.8 cm³/mol. The largest absolute Gasteiger partial charge is 0.453 e. The van der Waals surface area contributed by atoms with Gasteiger partial charge < -0.3 is 10.1 Å². The molecule has 5 heteroatoms. The Hall–Kier alpha value is -1.88. The molecule has 2 amide bonds. The summed E-state index contributed by atoms with van der Waals surface area (Å²) in [6, 6.07) is 9.66. The Bertz CT molecular complexity index is 406. The molecular formula is C13H19N2O3+. The molecule has 0 saturated carbocycles. The maximum Gasteiger partial charge on any atom is 0.413 e. The maximum absolute atomic E-state index is 11.6. The van der Waals surface area contributed by atoms with Crippen LogP contribution in [-0.4, -0.2) is 25.2 Å². The van der Waals surface area contributed by atoms with Gasteiger partial charge in [-0.15, -0.1) is 0 Å². The van der Waals surface area contributed by atoms with Gasteiger partial charge in [-0.3, -0.25) is 10.1 Å². The Morgan fingerprint density at radius 3 is 2.39 bits per heavy atom. The standard InChI is InChI=1S/C13H18N2O3/c1-9(11-7-5-4-6-8-11)14-10(2)12(16)15-13(17)18-3/h4-10,14H,1-3H3,(H,15,16,17)/p+1/t9-,10+/m0/s1. The third-order valence-electron chi connectivity index (χ3n) is 2.73. The molecule has 0 aromatic heterocycles. The molecule has 3 N–H and O–H groups in total. The van der Waals surface area contributed by atoms with Gasteiger partial charge in [0, 0.05) is 5.56 Å². The van der Waals surface area contributed by atoms with Crippen molar-refractivity contribution in [1.29, 1.82) is 0 Å². The van der Waals surface area contributed by atoms with Crippen LogP contribution in [0.4, 0.5) is 4.79 Å². The summed E-state index contributed by atoms with van der Waals surface area (Å²) in [5, 5.41) is 4.05. The van der Waals surface area contributed by atoms with Gasteiger partial charge in [-0.05, 0) is 13.8 Å². The first-order chi connectivity index (χ1) is 8.54. The molecule has 0 fully saturated rings. The molecule has 0 spiro atoms. The highest BCUT2D eigenvalue weighted by molar-refractivity contribution is 5.93. The van der Waals surface area contributed by atoms with Crippen LogP contribution in [0.2, 0.25) is 0 Å². The fraction of sp³-hybridized carbons (Fsp3) is 0.385. The van der Waals surface area contributed by atoms with E-state index in [0.29, 0.717) is 0 Å². The second kappa shape index (κ2) is 6.76. The van der Waals surface area contributed by atoms with Crippen molar-refractivity contribution in [2.75, 3.05) is 7.11 Å². The lowest BCUT2D eigenvalue weighted by molar-refractivity contribution is -0.710. The van der Waals surface area contributed by atoms with Crippen LogP contribution >= 0.6 is 0 Å². The smallest absolute Gasteiger partial charge is 0.413 e. The van der Waals surface area contributed by atoms with Crippen molar-refractivity contribution in [3.8, 4) is 0 Å². The Labute approximate surface area is 107 Å². The number of benzene rings is 1. The number of nitrogens with one attached hydrogen (secondary N) is 1. The lowest BCUT2D eigenvalue weighted by Crippen LogP contribution is -2.92. The summed E-state index contributed by atoms with van der Waals surface area (Å²) in [5.41, 5.74) is 1.13. The van der Waals surface area contributed by atoms with E-state index in [9.17, 15) is 9.59 Å². The van der Waals surface area contributed by atoms with Crippen molar-refractivity contribution in [3.63, 3.8) is 0 Å². The first kappa shape index (κ1) is 14.2. The van der Waals surface area contributed by atoms with Crippen LogP contribution in [0.1, 0.15) is 25.5 Å². The van der Waals surface area contributed by atoms with E-state index in [0.717, 1.165) is 5.56 Å². The fourth-order valence-electron chi connectivity index (χ4n) is 1.65. The Balaban J connectivity index is 2.52. The van der Waals surface area contributed by atoms with Gasteiger partial charge in [-0.25, -0.2) is 4.79 Å². The molecule has 98 valence electrons. The van der Waals surface area contributed by atoms with Gasteiger partial charge in [-0.2, -0.15) is 0 Å². The number of rotatable bonds is 4. The molecule has 0 radical (unpaired) electrons. The third kappa shape index (κ3) is 4.18. The van der Waals surface area contributed by atoms with Crippen LogP contribution in [0.25, 0.3) is 0 Å². The van der Waals surface area contributed by atoms with E-state index in [2.05, 4.69) is 10.1 Å². The van der Waals surface area contributed by atoms with Gasteiger partial charge in [0.2, 0.25) is 0 Å². The lowest BCUT2D eigenvalue weighted by Gasteiger charge is -2.16. The number of amides is 2. The summed E-state index contributed by atoms with van der Waals surface area (Å²) in [5.74, 6) is -0.357. The molecule has 2 atom stereocenters. The molecular weight excluding hydrogens is 232 g/mol. The van der Waals surface area contributed by atoms with E-state index in [4.69, 9.17) is 0 Å². The normalized spacial score (nSPS) is 13.5. The van der Waals surface area contributed by atoms with Crippen LogP contribution in [0.15, 0.2) is 30.3 Å². The zero-order valence-corrected chi connectivity index (χ0v) is 10.8. The number of hydrogen-bond donors (Lipinski definition) is 2. The summed E-state index contributed by atoms with van der Waals surface area (Å²) >= 11 is 0. The molecule has 1 aromatic rings. The van der Waals surface area contributed by atoms with Gasteiger partial charge in [0.25, 0.3) is 5.91 Å². The summed E-state index contributed by atoms with van der Waals surface area (Å²) < 4.78 is 4.38. The summed E-state index contributed by atoms with van der Waals surface area (Å²) in [4.78, 5) is 22.6. The number of ether oxygens (including phenoxy) is 1.